The normalized spacial score (nSPS) is 42.0. The minimum Gasteiger partial charge on any atom is -0.454 e. The van der Waals surface area contributed by atoms with Crippen LogP contribution in [0.2, 0.25) is 0 Å². The second kappa shape index (κ2) is 8.28. The first-order chi connectivity index (χ1) is 16.5. The summed E-state index contributed by atoms with van der Waals surface area (Å²) < 4.78 is 22.5. The Kier molecular flexibility index (Phi) is 5.72. The third-order valence-electron chi connectivity index (χ3n) is 10.00. The van der Waals surface area contributed by atoms with Crippen molar-refractivity contribution in [1.29, 1.82) is 0 Å². The Labute approximate surface area is 207 Å². The first-order valence-electron chi connectivity index (χ1n) is 12.9. The van der Waals surface area contributed by atoms with E-state index >= 15 is 4.39 Å². The molecule has 0 spiro atoms. The van der Waals surface area contributed by atoms with Gasteiger partial charge in [-0.3, -0.25) is 9.59 Å². The fraction of sp³-hybridized carbons (Fsp3) is 0.621. The number of allylic oxidation sites excluding steroid dienone is 5. The number of Topliss-reactive ketones (excluding diaryl/α,β-unsaturated/α-hetero) is 1. The standard InChI is InChI=1S/C29H36FNO4/c1-18-14-23-22-8-7-20-15-21(32)9-10-28(20,3)29(22,30)12-11-27(23,2)25(18)24(33)17-35-26(34)19-6-5-13-31(4)16-19/h5,9-10,13,15-16,18,22-23,25H,6-8,11-12,14,17H2,1-4H3/t18?,22-,23-,25+,27-,28-,29+/m0/s1. The molecule has 188 valence electrons. The van der Waals surface area contributed by atoms with Gasteiger partial charge in [-0.2, -0.15) is 0 Å². The quantitative estimate of drug-likeness (QED) is 0.523. The van der Waals surface area contributed by atoms with Crippen LogP contribution in [0, 0.1) is 34.5 Å². The smallest absolute Gasteiger partial charge is 0.336 e. The van der Waals surface area contributed by atoms with E-state index in [-0.39, 0.29) is 47.3 Å². The molecule has 3 fully saturated rings. The Bertz CT molecular complexity index is 1090. The molecule has 1 heterocycles. The van der Waals surface area contributed by atoms with Gasteiger partial charge in [0, 0.05) is 31.0 Å². The van der Waals surface area contributed by atoms with Gasteiger partial charge in [0.05, 0.1) is 5.57 Å². The molecule has 0 bridgehead atoms. The van der Waals surface area contributed by atoms with Gasteiger partial charge >= 0.3 is 5.97 Å². The fourth-order valence-electron chi connectivity index (χ4n) is 8.28. The van der Waals surface area contributed by atoms with Crippen molar-refractivity contribution in [2.45, 2.75) is 65.0 Å². The van der Waals surface area contributed by atoms with E-state index in [0.717, 1.165) is 18.4 Å². The lowest BCUT2D eigenvalue weighted by Crippen LogP contribution is -2.60. The number of rotatable bonds is 4. The number of carbonyl (C=O) groups excluding carboxylic acids is 3. The van der Waals surface area contributed by atoms with Crippen molar-refractivity contribution in [3.8, 4) is 0 Å². The average Bonchev–Trinajstić information content (AvgIpc) is 3.08. The zero-order chi connectivity index (χ0) is 25.2. The molecule has 0 amide bonds. The van der Waals surface area contributed by atoms with Gasteiger partial charge in [0.25, 0.3) is 0 Å². The molecule has 0 aromatic heterocycles. The number of ketones is 2. The number of hydrogen-bond acceptors (Lipinski definition) is 5. The average molecular weight is 482 g/mol. The number of halogens is 1. The summed E-state index contributed by atoms with van der Waals surface area (Å²) in [5.74, 6) is -0.763. The summed E-state index contributed by atoms with van der Waals surface area (Å²) in [6.07, 6.45) is 14.2. The van der Waals surface area contributed by atoms with Crippen molar-refractivity contribution in [3.05, 3.63) is 47.9 Å². The Balaban J connectivity index is 1.34. The topological polar surface area (TPSA) is 63.7 Å². The molecule has 0 N–H and O–H groups in total. The van der Waals surface area contributed by atoms with Crippen molar-refractivity contribution in [3.63, 3.8) is 0 Å². The first kappa shape index (κ1) is 24.2. The van der Waals surface area contributed by atoms with Crippen molar-refractivity contribution < 1.29 is 23.5 Å². The van der Waals surface area contributed by atoms with E-state index in [1.807, 2.05) is 26.2 Å². The first-order valence-corrected chi connectivity index (χ1v) is 12.9. The van der Waals surface area contributed by atoms with Crippen molar-refractivity contribution in [2.24, 2.45) is 34.5 Å². The van der Waals surface area contributed by atoms with E-state index in [1.54, 1.807) is 23.3 Å². The van der Waals surface area contributed by atoms with Gasteiger partial charge in [0.2, 0.25) is 0 Å². The predicted molar refractivity (Wildman–Crippen MR) is 131 cm³/mol. The molecule has 5 nitrogen and oxygen atoms in total. The van der Waals surface area contributed by atoms with Crippen LogP contribution in [0.25, 0.3) is 0 Å². The molecule has 3 saturated carbocycles. The maximum atomic E-state index is 17.0. The molecule has 1 aliphatic heterocycles. The molecule has 0 aromatic carbocycles. The number of nitrogens with zero attached hydrogens (tertiary/aromatic N) is 1. The van der Waals surface area contributed by atoms with Gasteiger partial charge in [-0.05, 0) is 80.5 Å². The Morgan fingerprint density at radius 3 is 2.74 bits per heavy atom. The van der Waals surface area contributed by atoms with E-state index in [4.69, 9.17) is 4.74 Å². The van der Waals surface area contributed by atoms with Crippen molar-refractivity contribution >= 4 is 17.5 Å². The third kappa shape index (κ3) is 3.58. The van der Waals surface area contributed by atoms with E-state index in [9.17, 15) is 14.4 Å². The van der Waals surface area contributed by atoms with E-state index < -0.39 is 17.1 Å². The van der Waals surface area contributed by atoms with Crippen LogP contribution in [-0.2, 0) is 19.1 Å². The summed E-state index contributed by atoms with van der Waals surface area (Å²) in [5.41, 5.74) is -1.06. The molecule has 4 aliphatic carbocycles. The Morgan fingerprint density at radius 1 is 1.23 bits per heavy atom. The minimum atomic E-state index is -1.42. The number of alkyl halides is 1. The van der Waals surface area contributed by atoms with Gasteiger partial charge in [-0.1, -0.05) is 31.6 Å². The fourth-order valence-corrected chi connectivity index (χ4v) is 8.28. The summed E-state index contributed by atoms with van der Waals surface area (Å²) >= 11 is 0. The van der Waals surface area contributed by atoms with Gasteiger partial charge in [-0.15, -0.1) is 0 Å². The minimum absolute atomic E-state index is 0.0479. The second-order valence-electron chi connectivity index (χ2n) is 11.9. The van der Waals surface area contributed by atoms with Crippen LogP contribution in [-0.4, -0.2) is 41.8 Å². The molecule has 7 atom stereocenters. The second-order valence-corrected chi connectivity index (χ2v) is 11.9. The van der Waals surface area contributed by atoms with E-state index in [1.165, 1.54) is 6.08 Å². The van der Waals surface area contributed by atoms with Crippen LogP contribution in [0.5, 0.6) is 0 Å². The molecule has 0 saturated heterocycles. The molecule has 6 heteroatoms. The summed E-state index contributed by atoms with van der Waals surface area (Å²) in [4.78, 5) is 39.8. The van der Waals surface area contributed by atoms with Crippen LogP contribution in [0.1, 0.15) is 59.3 Å². The van der Waals surface area contributed by atoms with Crippen LogP contribution in [0.3, 0.4) is 0 Å². The largest absolute Gasteiger partial charge is 0.454 e. The lowest BCUT2D eigenvalue weighted by molar-refractivity contribution is -0.152. The molecule has 0 radical (unpaired) electrons. The lowest BCUT2D eigenvalue weighted by atomic mass is 9.46. The Hall–Kier alpha value is -2.50. The highest BCUT2D eigenvalue weighted by Gasteiger charge is 2.68. The lowest BCUT2D eigenvalue weighted by Gasteiger charge is -2.60. The molecular weight excluding hydrogens is 445 g/mol. The number of hydrogen-bond donors (Lipinski definition) is 0. The summed E-state index contributed by atoms with van der Waals surface area (Å²) in [6, 6.07) is 0. The van der Waals surface area contributed by atoms with Crippen LogP contribution < -0.4 is 0 Å². The monoisotopic (exact) mass is 481 g/mol. The summed E-state index contributed by atoms with van der Waals surface area (Å²) in [7, 11) is 1.84. The van der Waals surface area contributed by atoms with Crippen LogP contribution in [0.15, 0.2) is 47.9 Å². The molecule has 5 rings (SSSR count). The molecule has 0 aromatic rings. The molecule has 35 heavy (non-hydrogen) atoms. The highest BCUT2D eigenvalue weighted by atomic mass is 19.1. The highest BCUT2D eigenvalue weighted by molar-refractivity contribution is 6.01. The SMILES string of the molecule is CC1C[C@H]2[C@@H]3CCC4=CC(=O)C=C[C@]4(C)[C@@]3(F)CC[C@]2(C)[C@H]1C(=O)COC(=O)C1=CN(C)C=CC1. The Morgan fingerprint density at radius 2 is 2.00 bits per heavy atom. The van der Waals surface area contributed by atoms with Gasteiger partial charge < -0.3 is 9.64 Å². The maximum Gasteiger partial charge on any atom is 0.336 e. The maximum absolute atomic E-state index is 17.0. The number of esters is 1. The predicted octanol–water partition coefficient (Wildman–Crippen LogP) is 5.09. The van der Waals surface area contributed by atoms with Gasteiger partial charge in [-0.25, -0.2) is 9.18 Å². The van der Waals surface area contributed by atoms with E-state index in [2.05, 4.69) is 13.8 Å². The molecular formula is C29H36FNO4. The number of carbonyl (C=O) groups is 3. The van der Waals surface area contributed by atoms with Crippen molar-refractivity contribution in [1.82, 2.24) is 4.90 Å². The van der Waals surface area contributed by atoms with Crippen molar-refractivity contribution in [2.75, 3.05) is 13.7 Å². The van der Waals surface area contributed by atoms with Crippen LogP contribution in [0.4, 0.5) is 4.39 Å². The summed E-state index contributed by atoms with van der Waals surface area (Å²) in [5, 5.41) is 0. The highest BCUT2D eigenvalue weighted by Crippen LogP contribution is 2.69. The molecule has 1 unspecified atom stereocenters. The molecule has 5 aliphatic rings. The zero-order valence-electron chi connectivity index (χ0n) is 21.2. The van der Waals surface area contributed by atoms with Gasteiger partial charge in [0.1, 0.15) is 5.67 Å². The number of fused-ring (bicyclic) bond motifs is 5. The zero-order valence-corrected chi connectivity index (χ0v) is 21.2. The van der Waals surface area contributed by atoms with Gasteiger partial charge in [0.15, 0.2) is 18.2 Å². The van der Waals surface area contributed by atoms with E-state index in [0.29, 0.717) is 31.3 Å². The summed E-state index contributed by atoms with van der Waals surface area (Å²) in [6.45, 7) is 5.96. The third-order valence-corrected chi connectivity index (χ3v) is 10.00. The van der Waals surface area contributed by atoms with Crippen LogP contribution >= 0.6 is 0 Å². The number of ether oxygens (including phenoxy) is 1.